The third-order valence-corrected chi connectivity index (χ3v) is 6.40. The lowest BCUT2D eigenvalue weighted by Crippen LogP contribution is -2.33. The Hall–Kier alpha value is -2.51. The van der Waals surface area contributed by atoms with Crippen molar-refractivity contribution in [3.05, 3.63) is 64.3 Å². The Labute approximate surface area is 167 Å². The molecule has 0 saturated heterocycles. The summed E-state index contributed by atoms with van der Waals surface area (Å²) in [7, 11) is -2.36. The van der Waals surface area contributed by atoms with E-state index < -0.39 is 9.84 Å². The van der Waals surface area contributed by atoms with E-state index in [1.807, 2.05) is 13.0 Å². The Kier molecular flexibility index (Phi) is 6.11. The van der Waals surface area contributed by atoms with Crippen LogP contribution in [0.25, 0.3) is 0 Å². The predicted molar refractivity (Wildman–Crippen MR) is 114 cm³/mol. The van der Waals surface area contributed by atoms with E-state index in [4.69, 9.17) is 16.3 Å². The van der Waals surface area contributed by atoms with Crippen molar-refractivity contribution in [1.29, 1.82) is 0 Å². The van der Waals surface area contributed by atoms with Crippen molar-refractivity contribution in [2.45, 2.75) is 44.9 Å². The average Bonchev–Trinajstić information content (AvgIpc) is 2.65. The van der Waals surface area contributed by atoms with Gasteiger partial charge < -0.3 is 10.5 Å². The zero-order chi connectivity index (χ0) is 21.3. The van der Waals surface area contributed by atoms with Crippen molar-refractivity contribution < 1.29 is 13.2 Å². The summed E-state index contributed by atoms with van der Waals surface area (Å²) < 4.78 is 31.3. The molecule has 0 aromatic heterocycles. The molecule has 2 aromatic rings. The van der Waals surface area contributed by atoms with E-state index in [-0.39, 0.29) is 21.0 Å². The number of ether oxygens (including phenoxy) is 1. The first-order valence-electron chi connectivity index (χ1n) is 8.91. The van der Waals surface area contributed by atoms with Crippen LogP contribution in [0.1, 0.15) is 38.8 Å². The first-order valence-corrected chi connectivity index (χ1v) is 10.4. The molecule has 0 heterocycles. The molecule has 7 heteroatoms. The Morgan fingerprint density at radius 1 is 1.07 bits per heavy atom. The van der Waals surface area contributed by atoms with Crippen molar-refractivity contribution in [3.63, 3.8) is 0 Å². The summed E-state index contributed by atoms with van der Waals surface area (Å²) in [5, 5.41) is 0.935. The molecule has 0 atom stereocenters. The van der Waals surface area contributed by atoms with Gasteiger partial charge in [-0.2, -0.15) is 0 Å². The Bertz CT molecular complexity index is 989. The minimum absolute atomic E-state index is 0.0740. The Morgan fingerprint density at radius 2 is 1.64 bits per heavy atom. The summed E-state index contributed by atoms with van der Waals surface area (Å²) in [4.78, 5) is 0.127. The second-order valence-electron chi connectivity index (χ2n) is 7.77. The first kappa shape index (κ1) is 21.8. The molecule has 2 aromatic carbocycles. The number of hydrogen-bond acceptors (Lipinski definition) is 6. The molecule has 2 rings (SSSR count). The molecule has 0 radical (unpaired) electrons. The summed E-state index contributed by atoms with van der Waals surface area (Å²) in [6.07, 6.45) is 0. The fourth-order valence-electron chi connectivity index (χ4n) is 2.74. The third kappa shape index (κ3) is 4.31. The second kappa shape index (κ2) is 7.85. The summed E-state index contributed by atoms with van der Waals surface area (Å²) in [5.74, 6) is 6.71. The number of benzene rings is 2. The number of hydrazine groups is 1. The maximum absolute atomic E-state index is 13.0. The van der Waals surface area contributed by atoms with Gasteiger partial charge in [-0.05, 0) is 54.7 Å². The van der Waals surface area contributed by atoms with Crippen LogP contribution in [0.3, 0.4) is 0 Å². The smallest absolute Gasteiger partial charge is 0.223 e. The van der Waals surface area contributed by atoms with E-state index in [1.54, 1.807) is 43.3 Å². The molecule has 4 N–H and O–H groups in total. The molecule has 0 aliphatic carbocycles. The maximum atomic E-state index is 13.0. The summed E-state index contributed by atoms with van der Waals surface area (Å²) in [6.45, 7) is 9.67. The quantitative estimate of drug-likeness (QED) is 0.585. The summed E-state index contributed by atoms with van der Waals surface area (Å²) >= 11 is 0. The molecule has 0 unspecified atom stereocenters. The highest BCUT2D eigenvalue weighted by molar-refractivity contribution is 7.95. The van der Waals surface area contributed by atoms with Crippen molar-refractivity contribution >= 4 is 15.5 Å². The van der Waals surface area contributed by atoms with Gasteiger partial charge in [0.15, 0.2) is 5.03 Å². The van der Waals surface area contributed by atoms with Crippen molar-refractivity contribution in [2.24, 2.45) is 11.6 Å². The maximum Gasteiger partial charge on any atom is 0.223 e. The number of nitrogens with zero attached hydrogens (tertiary/aromatic N) is 1. The predicted octanol–water partition coefficient (Wildman–Crippen LogP) is 3.60. The molecule has 6 nitrogen and oxygen atoms in total. The number of hydrogen-bond donors (Lipinski definition) is 2. The van der Waals surface area contributed by atoms with Gasteiger partial charge in [-0.25, -0.2) is 14.3 Å². The van der Waals surface area contributed by atoms with Crippen LogP contribution >= 0.6 is 0 Å². The zero-order valence-corrected chi connectivity index (χ0v) is 18.1. The highest BCUT2D eigenvalue weighted by atomic mass is 32.2. The number of methoxy groups -OCH3 is 1. The topological polar surface area (TPSA) is 98.7 Å². The van der Waals surface area contributed by atoms with E-state index in [9.17, 15) is 8.42 Å². The van der Waals surface area contributed by atoms with Crippen LogP contribution in [0.2, 0.25) is 0 Å². The summed E-state index contributed by atoms with van der Waals surface area (Å²) in [5.41, 5.74) is 8.71. The first-order chi connectivity index (χ1) is 12.9. The number of anilines is 1. The fraction of sp³-hybridized carbons (Fsp3) is 0.333. The molecule has 0 saturated carbocycles. The number of sulfone groups is 1. The Morgan fingerprint density at radius 3 is 2.14 bits per heavy atom. The van der Waals surface area contributed by atoms with Crippen molar-refractivity contribution in [2.75, 3.05) is 12.1 Å². The van der Waals surface area contributed by atoms with E-state index in [0.29, 0.717) is 11.4 Å². The van der Waals surface area contributed by atoms with Gasteiger partial charge >= 0.3 is 0 Å². The van der Waals surface area contributed by atoms with Gasteiger partial charge in [-0.3, -0.25) is 5.01 Å². The molecule has 152 valence electrons. The van der Waals surface area contributed by atoms with Crippen LogP contribution in [-0.4, -0.2) is 15.5 Å². The number of nitrogens with two attached hydrogens (primary N) is 2. The molecule has 0 aliphatic heterocycles. The SMILES string of the molecule is COc1ccc(C)cc1N(N)/C(C)=C(\N)S(=O)(=O)c1ccc(C(C)(C)C)cc1. The number of allylic oxidation sites excluding steroid dienone is 1. The molecule has 0 bridgehead atoms. The second-order valence-corrected chi connectivity index (χ2v) is 9.69. The molecular formula is C21H29N3O3S. The van der Waals surface area contributed by atoms with Gasteiger partial charge in [0.1, 0.15) is 5.75 Å². The van der Waals surface area contributed by atoms with Gasteiger partial charge in [-0.1, -0.05) is 39.0 Å². The van der Waals surface area contributed by atoms with Gasteiger partial charge in [0.25, 0.3) is 0 Å². The van der Waals surface area contributed by atoms with Crippen LogP contribution in [0.4, 0.5) is 5.69 Å². The average molecular weight is 404 g/mol. The van der Waals surface area contributed by atoms with Crippen LogP contribution < -0.4 is 21.3 Å². The number of aryl methyl sites for hydroxylation is 1. The lowest BCUT2D eigenvalue weighted by molar-refractivity contribution is 0.415. The molecule has 0 spiro atoms. The minimum atomic E-state index is -3.89. The van der Waals surface area contributed by atoms with Crippen LogP contribution in [0.15, 0.2) is 58.1 Å². The lowest BCUT2D eigenvalue weighted by atomic mass is 9.87. The monoisotopic (exact) mass is 403 g/mol. The van der Waals surface area contributed by atoms with Gasteiger partial charge in [-0.15, -0.1) is 0 Å². The molecule has 0 fully saturated rings. The van der Waals surface area contributed by atoms with Crippen molar-refractivity contribution in [3.8, 4) is 5.75 Å². The van der Waals surface area contributed by atoms with E-state index in [1.165, 1.54) is 12.1 Å². The van der Waals surface area contributed by atoms with Crippen LogP contribution in [-0.2, 0) is 15.3 Å². The highest BCUT2D eigenvalue weighted by Gasteiger charge is 2.24. The highest BCUT2D eigenvalue weighted by Crippen LogP contribution is 2.31. The zero-order valence-electron chi connectivity index (χ0n) is 17.3. The van der Waals surface area contributed by atoms with Crippen LogP contribution in [0.5, 0.6) is 5.75 Å². The summed E-state index contributed by atoms with van der Waals surface area (Å²) in [6, 6.07) is 12.2. The van der Waals surface area contributed by atoms with Crippen molar-refractivity contribution in [1.82, 2.24) is 0 Å². The third-order valence-electron chi connectivity index (χ3n) is 4.63. The van der Waals surface area contributed by atoms with Gasteiger partial charge in [0.2, 0.25) is 9.84 Å². The van der Waals surface area contributed by atoms with Gasteiger partial charge in [0, 0.05) is 0 Å². The Balaban J connectivity index is 2.48. The fourth-order valence-corrected chi connectivity index (χ4v) is 3.98. The molecular weight excluding hydrogens is 374 g/mol. The normalized spacial score (nSPS) is 13.1. The molecule has 0 amide bonds. The number of rotatable bonds is 5. The molecule has 28 heavy (non-hydrogen) atoms. The van der Waals surface area contributed by atoms with E-state index in [0.717, 1.165) is 11.1 Å². The van der Waals surface area contributed by atoms with E-state index in [2.05, 4.69) is 20.8 Å². The molecule has 0 aliphatic rings. The minimum Gasteiger partial charge on any atom is -0.495 e. The standard InChI is InChI=1S/C21H29N3O3S/c1-14-7-12-19(27-6)18(13-14)24(23)15(2)20(22)28(25,26)17-10-8-16(9-11-17)21(3,4)5/h7-13H,22-23H2,1-6H3/b20-15+. The lowest BCUT2D eigenvalue weighted by Gasteiger charge is -2.24. The van der Waals surface area contributed by atoms with Gasteiger partial charge in [0.05, 0.1) is 23.4 Å². The largest absolute Gasteiger partial charge is 0.495 e. The van der Waals surface area contributed by atoms with E-state index >= 15 is 0 Å². The van der Waals surface area contributed by atoms with Crippen LogP contribution in [0, 0.1) is 6.92 Å².